The van der Waals surface area contributed by atoms with Crippen LogP contribution < -0.4 is 11.3 Å². The third-order valence-corrected chi connectivity index (χ3v) is 2.82. The molecule has 16 heavy (non-hydrogen) atoms. The average Bonchev–Trinajstić information content (AvgIpc) is 2.27. The second-order valence-corrected chi connectivity index (χ2v) is 4.41. The third-order valence-electron chi connectivity index (χ3n) is 2.82. The maximum Gasteiger partial charge on any atom is 0.234 e. The lowest BCUT2D eigenvalue weighted by atomic mass is 9.95. The van der Waals surface area contributed by atoms with E-state index in [1.807, 2.05) is 0 Å². The summed E-state index contributed by atoms with van der Waals surface area (Å²) in [7, 11) is 0. The molecule has 1 aromatic carbocycles. The number of hydrazine groups is 1. The summed E-state index contributed by atoms with van der Waals surface area (Å²) < 4.78 is 0. The minimum Gasteiger partial charge on any atom is -0.294 e. The summed E-state index contributed by atoms with van der Waals surface area (Å²) in [6.45, 7) is 6.40. The van der Waals surface area contributed by atoms with Crippen LogP contribution in [0.15, 0.2) is 18.2 Å². The van der Waals surface area contributed by atoms with Crippen molar-refractivity contribution in [2.24, 2.45) is 5.84 Å². The Hall–Kier alpha value is -1.35. The van der Waals surface area contributed by atoms with E-state index in [2.05, 4.69) is 44.4 Å². The van der Waals surface area contributed by atoms with E-state index in [4.69, 9.17) is 5.84 Å². The molecule has 0 radical (unpaired) electrons. The van der Waals surface area contributed by atoms with E-state index >= 15 is 0 Å². The molecule has 0 saturated heterocycles. The van der Waals surface area contributed by atoms with E-state index in [1.165, 1.54) is 16.7 Å². The molecule has 0 aliphatic rings. The second kappa shape index (κ2) is 5.66. The van der Waals surface area contributed by atoms with Crippen LogP contribution >= 0.6 is 0 Å². The highest BCUT2D eigenvalue weighted by Gasteiger charge is 2.05. The zero-order valence-electron chi connectivity index (χ0n) is 10.2. The molecule has 0 unspecified atom stereocenters. The average molecular weight is 220 g/mol. The molecule has 3 N–H and O–H groups in total. The smallest absolute Gasteiger partial charge is 0.234 e. The molecule has 0 fully saturated rings. The Balaban J connectivity index is 2.78. The number of hydrogen-bond donors (Lipinski definition) is 2. The number of aryl methyl sites for hydroxylation is 2. The highest BCUT2D eigenvalue weighted by atomic mass is 16.2. The number of nitrogens with two attached hydrogens (primary N) is 1. The first-order valence-electron chi connectivity index (χ1n) is 5.63. The Labute approximate surface area is 97.0 Å². The van der Waals surface area contributed by atoms with Gasteiger partial charge in [0.25, 0.3) is 0 Å². The standard InChI is InChI=1S/C13H20N2O/c1-9(2)11-5-4-10(3)12(8-11)6-7-13(16)15-14/h4-5,8-9H,6-7,14H2,1-3H3,(H,15,16). The van der Waals surface area contributed by atoms with Crippen LogP contribution in [0.4, 0.5) is 0 Å². The van der Waals surface area contributed by atoms with Crippen LogP contribution in [0.2, 0.25) is 0 Å². The minimum absolute atomic E-state index is 0.116. The summed E-state index contributed by atoms with van der Waals surface area (Å²) in [5, 5.41) is 0. The molecule has 3 nitrogen and oxygen atoms in total. The van der Waals surface area contributed by atoms with Crippen LogP contribution in [-0.4, -0.2) is 5.91 Å². The Bertz CT molecular complexity index is 372. The quantitative estimate of drug-likeness (QED) is 0.463. The Morgan fingerprint density at radius 3 is 2.69 bits per heavy atom. The van der Waals surface area contributed by atoms with Crippen molar-refractivity contribution < 1.29 is 4.79 Å². The van der Waals surface area contributed by atoms with Gasteiger partial charge >= 0.3 is 0 Å². The maximum atomic E-state index is 11.1. The number of carbonyl (C=O) groups is 1. The van der Waals surface area contributed by atoms with Crippen molar-refractivity contribution in [3.8, 4) is 0 Å². The summed E-state index contributed by atoms with van der Waals surface area (Å²) in [6, 6.07) is 6.45. The molecule has 0 heterocycles. The first-order chi connectivity index (χ1) is 7.54. The predicted octanol–water partition coefficient (Wildman–Crippen LogP) is 2.04. The number of amides is 1. The van der Waals surface area contributed by atoms with Gasteiger partial charge in [-0.05, 0) is 36.0 Å². The molecule has 3 heteroatoms. The van der Waals surface area contributed by atoms with Gasteiger partial charge in [0.05, 0.1) is 0 Å². The van der Waals surface area contributed by atoms with Crippen LogP contribution in [0.3, 0.4) is 0 Å². The van der Waals surface area contributed by atoms with Crippen molar-refractivity contribution in [1.29, 1.82) is 0 Å². The number of benzene rings is 1. The van der Waals surface area contributed by atoms with E-state index in [0.29, 0.717) is 12.3 Å². The zero-order valence-corrected chi connectivity index (χ0v) is 10.2. The third kappa shape index (κ3) is 3.35. The molecular formula is C13H20N2O. The summed E-state index contributed by atoms with van der Waals surface area (Å²) in [5.74, 6) is 5.45. The van der Waals surface area contributed by atoms with Crippen LogP contribution in [0, 0.1) is 6.92 Å². The molecule has 0 aromatic heterocycles. The SMILES string of the molecule is Cc1ccc(C(C)C)cc1CCC(=O)NN. The highest BCUT2D eigenvalue weighted by molar-refractivity contribution is 5.75. The second-order valence-electron chi connectivity index (χ2n) is 4.41. The maximum absolute atomic E-state index is 11.1. The molecular weight excluding hydrogens is 200 g/mol. The van der Waals surface area contributed by atoms with Gasteiger partial charge in [0.2, 0.25) is 5.91 Å². The molecule has 1 aromatic rings. The first-order valence-corrected chi connectivity index (χ1v) is 5.63. The van der Waals surface area contributed by atoms with E-state index in [0.717, 1.165) is 6.42 Å². The minimum atomic E-state index is -0.116. The van der Waals surface area contributed by atoms with E-state index < -0.39 is 0 Å². The van der Waals surface area contributed by atoms with Gasteiger partial charge in [0.15, 0.2) is 0 Å². The summed E-state index contributed by atoms with van der Waals surface area (Å²) in [5.41, 5.74) is 5.93. The molecule has 1 amide bonds. The normalized spacial score (nSPS) is 10.6. The van der Waals surface area contributed by atoms with E-state index in [1.54, 1.807) is 0 Å². The van der Waals surface area contributed by atoms with Crippen LogP contribution in [-0.2, 0) is 11.2 Å². The van der Waals surface area contributed by atoms with Gasteiger partial charge < -0.3 is 0 Å². The predicted molar refractivity (Wildman–Crippen MR) is 65.9 cm³/mol. The van der Waals surface area contributed by atoms with Gasteiger partial charge in [-0.1, -0.05) is 32.0 Å². The molecule has 0 atom stereocenters. The molecule has 0 spiro atoms. The van der Waals surface area contributed by atoms with Crippen LogP contribution in [0.1, 0.15) is 42.9 Å². The van der Waals surface area contributed by atoms with Gasteiger partial charge in [-0.15, -0.1) is 0 Å². The summed E-state index contributed by atoms with van der Waals surface area (Å²) >= 11 is 0. The summed E-state index contributed by atoms with van der Waals surface area (Å²) in [4.78, 5) is 11.1. The van der Waals surface area contributed by atoms with Crippen molar-refractivity contribution >= 4 is 5.91 Å². The summed E-state index contributed by atoms with van der Waals surface area (Å²) in [6.07, 6.45) is 1.19. The zero-order chi connectivity index (χ0) is 12.1. The fourth-order valence-electron chi connectivity index (χ4n) is 1.64. The monoisotopic (exact) mass is 220 g/mol. The Kier molecular flexibility index (Phi) is 4.50. The fraction of sp³-hybridized carbons (Fsp3) is 0.462. The van der Waals surface area contributed by atoms with Crippen molar-refractivity contribution in [2.75, 3.05) is 0 Å². The molecule has 0 bridgehead atoms. The van der Waals surface area contributed by atoms with Crippen molar-refractivity contribution in [1.82, 2.24) is 5.43 Å². The number of hydrogen-bond acceptors (Lipinski definition) is 2. The number of carbonyl (C=O) groups excluding carboxylic acids is 1. The van der Waals surface area contributed by atoms with Gasteiger partial charge in [-0.2, -0.15) is 0 Å². The first kappa shape index (κ1) is 12.7. The highest BCUT2D eigenvalue weighted by Crippen LogP contribution is 2.19. The molecule has 0 aliphatic heterocycles. The van der Waals surface area contributed by atoms with Gasteiger partial charge in [-0.3, -0.25) is 10.2 Å². The molecule has 0 aliphatic carbocycles. The van der Waals surface area contributed by atoms with Crippen molar-refractivity contribution in [2.45, 2.75) is 39.5 Å². The number of nitrogens with one attached hydrogen (secondary N) is 1. The van der Waals surface area contributed by atoms with Crippen molar-refractivity contribution in [3.63, 3.8) is 0 Å². The molecule has 1 rings (SSSR count). The van der Waals surface area contributed by atoms with Gasteiger partial charge in [-0.25, -0.2) is 5.84 Å². The number of rotatable bonds is 4. The lowest BCUT2D eigenvalue weighted by Crippen LogP contribution is -2.30. The van der Waals surface area contributed by atoms with Crippen molar-refractivity contribution in [3.05, 3.63) is 34.9 Å². The Morgan fingerprint density at radius 1 is 1.44 bits per heavy atom. The van der Waals surface area contributed by atoms with Crippen LogP contribution in [0.5, 0.6) is 0 Å². The van der Waals surface area contributed by atoms with E-state index in [-0.39, 0.29) is 5.91 Å². The van der Waals surface area contributed by atoms with Gasteiger partial charge in [0.1, 0.15) is 0 Å². The molecule has 0 saturated carbocycles. The lowest BCUT2D eigenvalue weighted by Gasteiger charge is -2.11. The fourth-order valence-corrected chi connectivity index (χ4v) is 1.64. The Morgan fingerprint density at radius 2 is 2.12 bits per heavy atom. The van der Waals surface area contributed by atoms with Crippen LogP contribution in [0.25, 0.3) is 0 Å². The van der Waals surface area contributed by atoms with Gasteiger partial charge in [0, 0.05) is 6.42 Å². The lowest BCUT2D eigenvalue weighted by molar-refractivity contribution is -0.121. The van der Waals surface area contributed by atoms with E-state index in [9.17, 15) is 4.79 Å². The topological polar surface area (TPSA) is 55.1 Å². The molecule has 88 valence electrons. The largest absolute Gasteiger partial charge is 0.294 e.